The van der Waals surface area contributed by atoms with Crippen LogP contribution in [-0.4, -0.2) is 5.78 Å². The van der Waals surface area contributed by atoms with Crippen molar-refractivity contribution in [2.45, 2.75) is 44.9 Å². The van der Waals surface area contributed by atoms with Gasteiger partial charge in [0.05, 0.1) is 0 Å². The summed E-state index contributed by atoms with van der Waals surface area (Å²) in [5.74, 6) is 1.18. The maximum atomic E-state index is 10.9. The quantitative estimate of drug-likeness (QED) is 0.607. The predicted molar refractivity (Wildman–Crippen MR) is 46.2 cm³/mol. The fourth-order valence-corrected chi connectivity index (χ4v) is 1.79. The fourth-order valence-electron chi connectivity index (χ4n) is 1.79. The predicted octanol–water partition coefficient (Wildman–Crippen LogP) is 2.75. The molecule has 0 heterocycles. The van der Waals surface area contributed by atoms with Gasteiger partial charge in [0.1, 0.15) is 5.78 Å². The Bertz CT molecular complexity index is 123. The van der Waals surface area contributed by atoms with E-state index in [1.807, 2.05) is 0 Å². The summed E-state index contributed by atoms with van der Waals surface area (Å²) in [6, 6.07) is 0. The highest BCUT2D eigenvalue weighted by atomic mass is 16.1. The summed E-state index contributed by atoms with van der Waals surface area (Å²) in [4.78, 5) is 10.9. The number of ketones is 1. The lowest BCUT2D eigenvalue weighted by atomic mass is 10.00. The highest BCUT2D eigenvalue weighted by molar-refractivity contribution is 5.78. The number of carbonyl (C=O) groups excluding carboxylic acids is 1. The number of rotatable bonds is 4. The largest absolute Gasteiger partial charge is 0.300 e. The summed E-state index contributed by atoms with van der Waals surface area (Å²) in [5.41, 5.74) is 0. The van der Waals surface area contributed by atoms with E-state index in [1.165, 1.54) is 25.7 Å². The van der Waals surface area contributed by atoms with Crippen LogP contribution in [0.2, 0.25) is 0 Å². The Hall–Kier alpha value is -0.330. The van der Waals surface area contributed by atoms with Gasteiger partial charge in [-0.15, -0.1) is 0 Å². The van der Waals surface area contributed by atoms with E-state index in [1.54, 1.807) is 0 Å². The number of carbonyl (C=O) groups is 1. The Morgan fingerprint density at radius 1 is 1.36 bits per heavy atom. The molecule has 0 saturated heterocycles. The molecule has 1 fully saturated rings. The minimum Gasteiger partial charge on any atom is -0.300 e. The molecule has 0 aromatic heterocycles. The van der Waals surface area contributed by atoms with Crippen LogP contribution in [0.1, 0.15) is 44.9 Å². The average molecular weight is 153 g/mol. The standard InChI is InChI=1S/C10H17O/c1-2-10(11)8-7-9-5-3-4-6-9/h9H,1-8H2. The lowest BCUT2D eigenvalue weighted by Gasteiger charge is -2.05. The van der Waals surface area contributed by atoms with Crippen LogP contribution in [-0.2, 0) is 4.79 Å². The molecule has 1 aliphatic carbocycles. The van der Waals surface area contributed by atoms with Gasteiger partial charge in [-0.05, 0) is 19.3 Å². The average Bonchev–Trinajstić information content (AvgIpc) is 2.52. The first-order valence-corrected chi connectivity index (χ1v) is 4.64. The van der Waals surface area contributed by atoms with Crippen molar-refractivity contribution in [1.29, 1.82) is 0 Å². The monoisotopic (exact) mass is 153 g/mol. The minimum atomic E-state index is 0.330. The van der Waals surface area contributed by atoms with Gasteiger partial charge < -0.3 is 0 Å². The Morgan fingerprint density at radius 3 is 2.55 bits per heavy atom. The van der Waals surface area contributed by atoms with E-state index >= 15 is 0 Å². The SMILES string of the molecule is [CH2]CC(=O)CCC1CCCC1. The van der Waals surface area contributed by atoms with Crippen LogP contribution in [0.15, 0.2) is 0 Å². The maximum absolute atomic E-state index is 10.9. The van der Waals surface area contributed by atoms with Gasteiger partial charge in [-0.1, -0.05) is 25.7 Å². The fraction of sp³-hybridized carbons (Fsp3) is 0.800. The van der Waals surface area contributed by atoms with Crippen molar-refractivity contribution >= 4 is 5.78 Å². The third-order valence-corrected chi connectivity index (χ3v) is 2.59. The molecular formula is C10H17O. The van der Waals surface area contributed by atoms with Crippen LogP contribution >= 0.6 is 0 Å². The Labute approximate surface area is 69.2 Å². The molecule has 0 aromatic carbocycles. The molecule has 63 valence electrons. The summed E-state index contributed by atoms with van der Waals surface area (Å²) in [7, 11) is 0. The van der Waals surface area contributed by atoms with Crippen LogP contribution in [0.25, 0.3) is 0 Å². The molecule has 1 nitrogen and oxygen atoms in total. The van der Waals surface area contributed by atoms with E-state index in [4.69, 9.17) is 0 Å². The zero-order valence-electron chi connectivity index (χ0n) is 7.14. The molecule has 1 heteroatoms. The first kappa shape index (κ1) is 8.76. The lowest BCUT2D eigenvalue weighted by molar-refractivity contribution is -0.118. The molecule has 0 unspecified atom stereocenters. The topological polar surface area (TPSA) is 17.1 Å². The van der Waals surface area contributed by atoms with Crippen molar-refractivity contribution in [3.8, 4) is 0 Å². The second-order valence-electron chi connectivity index (χ2n) is 3.48. The second-order valence-corrected chi connectivity index (χ2v) is 3.48. The summed E-state index contributed by atoms with van der Waals surface area (Å²) in [6.07, 6.45) is 7.83. The smallest absolute Gasteiger partial charge is 0.132 e. The molecule has 1 aliphatic rings. The van der Waals surface area contributed by atoms with Crippen molar-refractivity contribution < 1.29 is 4.79 Å². The van der Waals surface area contributed by atoms with Gasteiger partial charge in [0.15, 0.2) is 0 Å². The van der Waals surface area contributed by atoms with Gasteiger partial charge in [-0.25, -0.2) is 0 Å². The van der Waals surface area contributed by atoms with Gasteiger partial charge in [0.25, 0.3) is 0 Å². The van der Waals surface area contributed by atoms with Crippen molar-refractivity contribution in [3.63, 3.8) is 0 Å². The van der Waals surface area contributed by atoms with Gasteiger partial charge >= 0.3 is 0 Å². The van der Waals surface area contributed by atoms with Crippen LogP contribution in [0.5, 0.6) is 0 Å². The molecule has 1 rings (SSSR count). The first-order valence-electron chi connectivity index (χ1n) is 4.64. The zero-order valence-corrected chi connectivity index (χ0v) is 7.14. The Kier molecular flexibility index (Phi) is 3.61. The van der Waals surface area contributed by atoms with E-state index in [0.717, 1.165) is 18.8 Å². The molecule has 0 atom stereocenters. The molecule has 1 saturated carbocycles. The molecule has 0 aromatic rings. The number of hydrogen-bond acceptors (Lipinski definition) is 1. The van der Waals surface area contributed by atoms with E-state index in [2.05, 4.69) is 6.92 Å². The van der Waals surface area contributed by atoms with E-state index in [9.17, 15) is 4.79 Å². The summed E-state index contributed by atoms with van der Waals surface area (Å²) >= 11 is 0. The molecule has 0 amide bonds. The maximum Gasteiger partial charge on any atom is 0.132 e. The summed E-state index contributed by atoms with van der Waals surface area (Å²) < 4.78 is 0. The van der Waals surface area contributed by atoms with Crippen molar-refractivity contribution in [2.24, 2.45) is 5.92 Å². The summed E-state index contributed by atoms with van der Waals surface area (Å²) in [5, 5.41) is 0. The van der Waals surface area contributed by atoms with Crippen LogP contribution < -0.4 is 0 Å². The third-order valence-electron chi connectivity index (χ3n) is 2.59. The van der Waals surface area contributed by atoms with Gasteiger partial charge in [-0.3, -0.25) is 4.79 Å². The van der Waals surface area contributed by atoms with E-state index in [0.29, 0.717) is 12.2 Å². The van der Waals surface area contributed by atoms with Crippen molar-refractivity contribution in [3.05, 3.63) is 6.92 Å². The molecule has 0 bridgehead atoms. The van der Waals surface area contributed by atoms with Crippen molar-refractivity contribution in [2.75, 3.05) is 0 Å². The van der Waals surface area contributed by atoms with Crippen molar-refractivity contribution in [1.82, 2.24) is 0 Å². The first-order chi connectivity index (χ1) is 5.33. The summed E-state index contributed by atoms with van der Waals surface area (Å²) in [6.45, 7) is 3.58. The molecular weight excluding hydrogens is 136 g/mol. The van der Waals surface area contributed by atoms with E-state index in [-0.39, 0.29) is 0 Å². The highest BCUT2D eigenvalue weighted by Gasteiger charge is 2.15. The van der Waals surface area contributed by atoms with Crippen LogP contribution in [0, 0.1) is 12.8 Å². The highest BCUT2D eigenvalue weighted by Crippen LogP contribution is 2.28. The van der Waals surface area contributed by atoms with Crippen LogP contribution in [0.3, 0.4) is 0 Å². The normalized spacial score (nSPS) is 19.0. The van der Waals surface area contributed by atoms with E-state index < -0.39 is 0 Å². The zero-order chi connectivity index (χ0) is 8.10. The van der Waals surface area contributed by atoms with Gasteiger partial charge in [0.2, 0.25) is 0 Å². The lowest BCUT2D eigenvalue weighted by Crippen LogP contribution is -2.00. The van der Waals surface area contributed by atoms with Gasteiger partial charge in [-0.2, -0.15) is 0 Å². The van der Waals surface area contributed by atoms with Crippen LogP contribution in [0.4, 0.5) is 0 Å². The third kappa shape index (κ3) is 3.04. The molecule has 1 radical (unpaired) electrons. The van der Waals surface area contributed by atoms with Gasteiger partial charge in [0, 0.05) is 12.8 Å². The minimum absolute atomic E-state index is 0.330. The molecule has 0 aliphatic heterocycles. The molecule has 0 N–H and O–H groups in total. The number of Topliss-reactive ketones (excluding diaryl/α,β-unsaturated/α-hetero) is 1. The molecule has 0 spiro atoms. The Morgan fingerprint density at radius 2 is 2.00 bits per heavy atom. The number of hydrogen-bond donors (Lipinski definition) is 0. The Balaban J connectivity index is 2.06. The second kappa shape index (κ2) is 4.53. The molecule has 11 heavy (non-hydrogen) atoms.